The maximum Gasteiger partial charge on any atom is 0.219 e. The predicted molar refractivity (Wildman–Crippen MR) is 60.5 cm³/mol. The highest BCUT2D eigenvalue weighted by molar-refractivity contribution is 9.11. The fourth-order valence-electron chi connectivity index (χ4n) is 1.61. The van der Waals surface area contributed by atoms with E-state index < -0.39 is 0 Å². The molecular formula is C9H18BrN3O. The second kappa shape index (κ2) is 6.27. The van der Waals surface area contributed by atoms with Crippen molar-refractivity contribution in [3.8, 4) is 0 Å². The summed E-state index contributed by atoms with van der Waals surface area (Å²) >= 11 is 3.45. The molecule has 0 amide bonds. The summed E-state index contributed by atoms with van der Waals surface area (Å²) in [5, 5.41) is 3.34. The van der Waals surface area contributed by atoms with Crippen LogP contribution in [0.15, 0.2) is 10.4 Å². The third-order valence-electron chi connectivity index (χ3n) is 2.41. The van der Waals surface area contributed by atoms with Crippen LogP contribution in [0.1, 0.15) is 19.3 Å². The maximum atomic E-state index is 5.68. The molecule has 4 N–H and O–H groups in total. The summed E-state index contributed by atoms with van der Waals surface area (Å²) in [6, 6.07) is 0. The normalized spacial score (nSPS) is 20.4. The molecule has 1 rings (SSSR count). The zero-order valence-electron chi connectivity index (χ0n) is 8.48. The van der Waals surface area contributed by atoms with E-state index in [1.54, 1.807) is 7.05 Å². The van der Waals surface area contributed by atoms with E-state index >= 15 is 0 Å². The second-order valence-electron chi connectivity index (χ2n) is 3.47. The Morgan fingerprint density at radius 3 is 2.79 bits per heavy atom. The molecule has 0 aliphatic carbocycles. The van der Waals surface area contributed by atoms with Gasteiger partial charge in [0, 0.05) is 7.05 Å². The molecule has 0 bridgehead atoms. The summed E-state index contributed by atoms with van der Waals surface area (Å²) in [7, 11) is 1.69. The number of nitrogens with two attached hydrogens (primary N) is 1. The molecule has 0 spiro atoms. The van der Waals surface area contributed by atoms with Gasteiger partial charge < -0.3 is 15.9 Å². The zero-order valence-corrected chi connectivity index (χ0v) is 10.1. The highest BCUT2D eigenvalue weighted by Gasteiger charge is 2.15. The molecule has 0 atom stereocenters. The third-order valence-corrected chi connectivity index (χ3v) is 3.12. The molecule has 0 aromatic rings. The fraction of sp³-hybridized carbons (Fsp3) is 0.778. The minimum atomic E-state index is 0.436. The van der Waals surface area contributed by atoms with E-state index in [9.17, 15) is 0 Å². The minimum Gasteiger partial charge on any atom is -0.390 e. The molecule has 4 nitrogen and oxygen atoms in total. The van der Waals surface area contributed by atoms with E-state index in [2.05, 4.69) is 26.7 Å². The highest BCUT2D eigenvalue weighted by Crippen LogP contribution is 2.25. The fourth-order valence-corrected chi connectivity index (χ4v) is 2.14. The van der Waals surface area contributed by atoms with Gasteiger partial charge in [-0.15, -0.1) is 0 Å². The van der Waals surface area contributed by atoms with Gasteiger partial charge in [0.15, 0.2) is 0 Å². The Kier molecular flexibility index (Phi) is 5.29. The van der Waals surface area contributed by atoms with Gasteiger partial charge in [0.05, 0.1) is 4.48 Å². The van der Waals surface area contributed by atoms with Gasteiger partial charge in [0.25, 0.3) is 0 Å². The molecule has 0 radical (unpaired) electrons. The van der Waals surface area contributed by atoms with Crippen LogP contribution in [0.4, 0.5) is 0 Å². The second-order valence-corrected chi connectivity index (χ2v) is 4.43. The van der Waals surface area contributed by atoms with Crippen LogP contribution >= 0.6 is 15.9 Å². The molecule has 82 valence electrons. The number of halogens is 1. The lowest BCUT2D eigenvalue weighted by Gasteiger charge is -2.22. The number of hydrogen-bond acceptors (Lipinski definition) is 4. The number of hydroxylamine groups is 1. The molecule has 14 heavy (non-hydrogen) atoms. The van der Waals surface area contributed by atoms with Crippen LogP contribution in [0.25, 0.3) is 0 Å². The predicted octanol–water partition coefficient (Wildman–Crippen LogP) is 1.05. The first-order chi connectivity index (χ1) is 6.74. The number of allylic oxidation sites excluding steroid dienone is 1. The average Bonchev–Trinajstić information content (AvgIpc) is 2.19. The first-order valence-corrected chi connectivity index (χ1v) is 5.71. The Morgan fingerprint density at radius 2 is 2.21 bits per heavy atom. The van der Waals surface area contributed by atoms with Crippen molar-refractivity contribution in [3.63, 3.8) is 0 Å². The van der Waals surface area contributed by atoms with E-state index in [1.807, 2.05) is 0 Å². The van der Waals surface area contributed by atoms with E-state index in [0.717, 1.165) is 24.0 Å². The first kappa shape index (κ1) is 11.8. The van der Waals surface area contributed by atoms with Crippen molar-refractivity contribution in [2.24, 2.45) is 11.7 Å². The van der Waals surface area contributed by atoms with Crippen molar-refractivity contribution in [3.05, 3.63) is 10.4 Å². The Labute approximate surface area is 93.3 Å². The summed E-state index contributed by atoms with van der Waals surface area (Å²) in [4.78, 5) is 4.99. The van der Waals surface area contributed by atoms with Gasteiger partial charge >= 0.3 is 0 Å². The van der Waals surface area contributed by atoms with Crippen molar-refractivity contribution in [2.75, 3.05) is 20.1 Å². The standard InChI is InChI=1S/C9H18BrN3O/c1-12-14-9(11)8(10)6-7-2-4-13-5-3-7/h7,12-13H,2-6,11H2,1H3/b9-8+. The molecule has 5 heteroatoms. The molecular weight excluding hydrogens is 246 g/mol. The van der Waals surface area contributed by atoms with Crippen molar-refractivity contribution >= 4 is 15.9 Å². The van der Waals surface area contributed by atoms with Gasteiger partial charge in [-0.05, 0) is 54.2 Å². The van der Waals surface area contributed by atoms with Crippen molar-refractivity contribution in [2.45, 2.75) is 19.3 Å². The monoisotopic (exact) mass is 263 g/mol. The molecule has 1 aliphatic rings. The van der Waals surface area contributed by atoms with Crippen molar-refractivity contribution < 1.29 is 4.84 Å². The van der Waals surface area contributed by atoms with Gasteiger partial charge in [-0.1, -0.05) is 0 Å². The number of nitrogens with one attached hydrogen (secondary N) is 2. The van der Waals surface area contributed by atoms with E-state index in [4.69, 9.17) is 10.6 Å². The molecule has 1 saturated heterocycles. The first-order valence-electron chi connectivity index (χ1n) is 4.92. The number of piperidine rings is 1. The van der Waals surface area contributed by atoms with Gasteiger partial charge in [-0.3, -0.25) is 0 Å². The van der Waals surface area contributed by atoms with Crippen LogP contribution in [-0.2, 0) is 4.84 Å². The smallest absolute Gasteiger partial charge is 0.219 e. The Balaban J connectivity index is 2.37. The van der Waals surface area contributed by atoms with Gasteiger partial charge in [0.1, 0.15) is 0 Å². The third kappa shape index (κ3) is 3.86. The minimum absolute atomic E-state index is 0.436. The van der Waals surface area contributed by atoms with Crippen LogP contribution in [0, 0.1) is 5.92 Å². The molecule has 0 saturated carbocycles. The van der Waals surface area contributed by atoms with Crippen LogP contribution in [0.5, 0.6) is 0 Å². The Hall–Kier alpha value is -0.260. The van der Waals surface area contributed by atoms with E-state index in [0.29, 0.717) is 11.8 Å². The Morgan fingerprint density at radius 1 is 1.57 bits per heavy atom. The molecule has 1 fully saturated rings. The highest BCUT2D eigenvalue weighted by atomic mass is 79.9. The van der Waals surface area contributed by atoms with Gasteiger partial charge in [-0.25, -0.2) is 0 Å². The quantitative estimate of drug-likeness (QED) is 0.524. The summed E-state index contributed by atoms with van der Waals surface area (Å²) in [5.74, 6) is 1.15. The van der Waals surface area contributed by atoms with Crippen LogP contribution < -0.4 is 16.5 Å². The lowest BCUT2D eigenvalue weighted by atomic mass is 9.95. The average molecular weight is 264 g/mol. The molecule has 0 aromatic heterocycles. The maximum absolute atomic E-state index is 5.68. The van der Waals surface area contributed by atoms with Crippen LogP contribution in [-0.4, -0.2) is 20.1 Å². The summed E-state index contributed by atoms with van der Waals surface area (Å²) in [6.07, 6.45) is 3.39. The zero-order chi connectivity index (χ0) is 10.4. The van der Waals surface area contributed by atoms with Crippen LogP contribution in [0.2, 0.25) is 0 Å². The topological polar surface area (TPSA) is 59.3 Å². The van der Waals surface area contributed by atoms with Gasteiger partial charge in [-0.2, -0.15) is 5.48 Å². The lowest BCUT2D eigenvalue weighted by Crippen LogP contribution is -2.28. The van der Waals surface area contributed by atoms with Crippen LogP contribution in [0.3, 0.4) is 0 Å². The van der Waals surface area contributed by atoms with Gasteiger partial charge in [0.2, 0.25) is 5.88 Å². The SMILES string of the molecule is CNO/C(N)=C(/Br)CC1CCNCC1. The van der Waals surface area contributed by atoms with Crippen molar-refractivity contribution in [1.29, 1.82) is 0 Å². The largest absolute Gasteiger partial charge is 0.390 e. The molecule has 1 aliphatic heterocycles. The summed E-state index contributed by atoms with van der Waals surface area (Å²) in [6.45, 7) is 2.22. The summed E-state index contributed by atoms with van der Waals surface area (Å²) < 4.78 is 0.957. The Bertz CT molecular complexity index is 202. The van der Waals surface area contributed by atoms with Crippen molar-refractivity contribution in [1.82, 2.24) is 10.8 Å². The number of hydrogen-bond donors (Lipinski definition) is 3. The number of rotatable bonds is 4. The van der Waals surface area contributed by atoms with E-state index in [1.165, 1.54) is 12.8 Å². The molecule has 0 unspecified atom stereocenters. The van der Waals surface area contributed by atoms with E-state index in [-0.39, 0.29) is 0 Å². The molecule has 0 aromatic carbocycles. The molecule has 1 heterocycles. The lowest BCUT2D eigenvalue weighted by molar-refractivity contribution is 0.122. The summed E-state index contributed by atoms with van der Waals surface area (Å²) in [5.41, 5.74) is 8.24.